The van der Waals surface area contributed by atoms with Crippen molar-refractivity contribution in [2.45, 2.75) is 11.3 Å². The highest BCUT2D eigenvalue weighted by atomic mass is 32.2. The van der Waals surface area contributed by atoms with Gasteiger partial charge in [-0.2, -0.15) is 4.98 Å². The second-order valence-corrected chi connectivity index (χ2v) is 8.13. The topological polar surface area (TPSA) is 91.7 Å². The zero-order valence-electron chi connectivity index (χ0n) is 16.3. The number of benzene rings is 1. The Morgan fingerprint density at radius 2 is 1.93 bits per heavy atom. The Labute approximate surface area is 176 Å². The standard InChI is InChI=1S/C21H21N5O3S/c27-30(28)17-5-1-3-15(13-17)19-18-6-8-26(16-4-2-7-22-14-16)20(18)24-21(23-19)25-9-11-29-12-10-25/h1-5,7,13-14H,6,8-12H2,(H,27,28). The molecule has 8 nitrogen and oxygen atoms in total. The molecule has 2 aromatic heterocycles. The summed E-state index contributed by atoms with van der Waals surface area (Å²) in [5, 5.41) is 0. The molecule has 1 atom stereocenters. The van der Waals surface area contributed by atoms with E-state index in [1.807, 2.05) is 24.4 Å². The molecule has 2 aliphatic heterocycles. The first-order valence-electron chi connectivity index (χ1n) is 9.83. The van der Waals surface area contributed by atoms with Crippen LogP contribution in [0.3, 0.4) is 0 Å². The van der Waals surface area contributed by atoms with Gasteiger partial charge in [0, 0.05) is 37.0 Å². The second kappa shape index (κ2) is 8.10. The largest absolute Gasteiger partial charge is 0.378 e. The number of pyridine rings is 1. The van der Waals surface area contributed by atoms with E-state index in [2.05, 4.69) is 14.8 Å². The molecule has 0 bridgehead atoms. The van der Waals surface area contributed by atoms with Gasteiger partial charge in [-0.1, -0.05) is 12.1 Å². The van der Waals surface area contributed by atoms with Crippen molar-refractivity contribution in [3.63, 3.8) is 0 Å². The Hall–Kier alpha value is -2.88. The Morgan fingerprint density at radius 1 is 1.07 bits per heavy atom. The van der Waals surface area contributed by atoms with E-state index in [1.165, 1.54) is 0 Å². The lowest BCUT2D eigenvalue weighted by Crippen LogP contribution is -2.37. The van der Waals surface area contributed by atoms with Gasteiger partial charge in [0.2, 0.25) is 5.95 Å². The number of ether oxygens (including phenoxy) is 1. The van der Waals surface area contributed by atoms with Gasteiger partial charge in [0.05, 0.1) is 35.7 Å². The molecule has 0 radical (unpaired) electrons. The molecule has 154 valence electrons. The molecule has 0 spiro atoms. The molecule has 5 rings (SSSR count). The molecule has 30 heavy (non-hydrogen) atoms. The summed E-state index contributed by atoms with van der Waals surface area (Å²) >= 11 is -2.05. The van der Waals surface area contributed by atoms with E-state index in [4.69, 9.17) is 14.7 Å². The summed E-state index contributed by atoms with van der Waals surface area (Å²) in [6, 6.07) is 11.0. The minimum atomic E-state index is -2.05. The van der Waals surface area contributed by atoms with E-state index < -0.39 is 11.1 Å². The molecule has 3 aromatic rings. The van der Waals surface area contributed by atoms with E-state index in [0.29, 0.717) is 24.1 Å². The van der Waals surface area contributed by atoms with E-state index in [9.17, 15) is 8.76 Å². The number of morpholine rings is 1. The number of nitrogens with zero attached hydrogens (tertiary/aromatic N) is 5. The normalized spacial score (nSPS) is 17.1. The highest BCUT2D eigenvalue weighted by Crippen LogP contribution is 2.39. The molecule has 0 aliphatic carbocycles. The lowest BCUT2D eigenvalue weighted by Gasteiger charge is -2.28. The van der Waals surface area contributed by atoms with Crippen LogP contribution in [0.15, 0.2) is 53.7 Å². The molecule has 4 heterocycles. The average Bonchev–Trinajstić information content (AvgIpc) is 3.24. The third-order valence-electron chi connectivity index (χ3n) is 5.38. The van der Waals surface area contributed by atoms with Gasteiger partial charge in [0.1, 0.15) is 5.82 Å². The maximum atomic E-state index is 11.6. The maximum Gasteiger partial charge on any atom is 0.228 e. The molecule has 0 saturated carbocycles. The molecule has 1 saturated heterocycles. The highest BCUT2D eigenvalue weighted by molar-refractivity contribution is 7.79. The Balaban J connectivity index is 1.66. The first-order valence-corrected chi connectivity index (χ1v) is 10.9. The van der Waals surface area contributed by atoms with Gasteiger partial charge in [0.25, 0.3) is 0 Å². The van der Waals surface area contributed by atoms with Gasteiger partial charge in [-0.05, 0) is 30.7 Å². The fraction of sp³-hybridized carbons (Fsp3) is 0.286. The van der Waals surface area contributed by atoms with Crippen LogP contribution in [0.4, 0.5) is 17.5 Å². The molecule has 1 unspecified atom stereocenters. The molecular formula is C21H21N5O3S. The molecule has 2 aliphatic rings. The van der Waals surface area contributed by atoms with Crippen LogP contribution in [-0.2, 0) is 22.2 Å². The fourth-order valence-electron chi connectivity index (χ4n) is 3.90. The first-order chi connectivity index (χ1) is 14.7. The predicted molar refractivity (Wildman–Crippen MR) is 114 cm³/mol. The van der Waals surface area contributed by atoms with Crippen LogP contribution in [0.5, 0.6) is 0 Å². The number of rotatable bonds is 4. The Kier molecular flexibility index (Phi) is 5.16. The van der Waals surface area contributed by atoms with Crippen molar-refractivity contribution in [3.8, 4) is 11.3 Å². The Morgan fingerprint density at radius 3 is 2.70 bits per heavy atom. The van der Waals surface area contributed by atoms with Gasteiger partial charge in [0.15, 0.2) is 11.1 Å². The molecule has 1 N–H and O–H groups in total. The minimum Gasteiger partial charge on any atom is -0.378 e. The number of anilines is 3. The van der Waals surface area contributed by atoms with Crippen molar-refractivity contribution >= 4 is 28.5 Å². The van der Waals surface area contributed by atoms with Gasteiger partial charge < -0.3 is 19.1 Å². The highest BCUT2D eigenvalue weighted by Gasteiger charge is 2.29. The first kappa shape index (κ1) is 19.1. The van der Waals surface area contributed by atoms with Crippen molar-refractivity contribution in [3.05, 3.63) is 54.4 Å². The monoisotopic (exact) mass is 423 g/mol. The zero-order chi connectivity index (χ0) is 20.5. The lowest BCUT2D eigenvalue weighted by atomic mass is 10.1. The van der Waals surface area contributed by atoms with Gasteiger partial charge in [-0.3, -0.25) is 4.98 Å². The number of hydrogen-bond acceptors (Lipinski definition) is 7. The number of aromatic nitrogens is 3. The van der Waals surface area contributed by atoms with Crippen molar-refractivity contribution < 1.29 is 13.5 Å². The van der Waals surface area contributed by atoms with E-state index in [-0.39, 0.29) is 0 Å². The second-order valence-electron chi connectivity index (χ2n) is 7.16. The average molecular weight is 423 g/mol. The van der Waals surface area contributed by atoms with E-state index in [0.717, 1.165) is 54.4 Å². The molecule has 1 aromatic carbocycles. The van der Waals surface area contributed by atoms with Crippen LogP contribution in [0.1, 0.15) is 5.56 Å². The Bertz CT molecular complexity index is 1090. The number of fused-ring (bicyclic) bond motifs is 1. The van der Waals surface area contributed by atoms with E-state index >= 15 is 0 Å². The molecule has 1 fully saturated rings. The van der Waals surface area contributed by atoms with Crippen LogP contribution in [0.2, 0.25) is 0 Å². The third-order valence-corrected chi connectivity index (χ3v) is 6.03. The summed E-state index contributed by atoms with van der Waals surface area (Å²) in [4.78, 5) is 18.7. The minimum absolute atomic E-state index is 0.356. The summed E-state index contributed by atoms with van der Waals surface area (Å²) in [6.07, 6.45) is 4.38. The van der Waals surface area contributed by atoms with Crippen LogP contribution in [-0.4, -0.2) is 56.6 Å². The van der Waals surface area contributed by atoms with Gasteiger partial charge in [-0.15, -0.1) is 0 Å². The van der Waals surface area contributed by atoms with Crippen LogP contribution in [0, 0.1) is 0 Å². The summed E-state index contributed by atoms with van der Waals surface area (Å²) in [6.45, 7) is 3.51. The van der Waals surface area contributed by atoms with Crippen molar-refractivity contribution in [2.24, 2.45) is 0 Å². The third kappa shape index (κ3) is 3.55. The molecule has 0 amide bonds. The SMILES string of the molecule is O=S(O)c1cccc(-c2nc(N3CCOCC3)nc3c2CCN3c2cccnc2)c1. The zero-order valence-corrected chi connectivity index (χ0v) is 17.1. The van der Waals surface area contributed by atoms with Crippen molar-refractivity contribution in [1.82, 2.24) is 15.0 Å². The molecular weight excluding hydrogens is 402 g/mol. The summed E-state index contributed by atoms with van der Waals surface area (Å²) in [7, 11) is 0. The van der Waals surface area contributed by atoms with Crippen LogP contribution in [0.25, 0.3) is 11.3 Å². The fourth-order valence-corrected chi connectivity index (χ4v) is 4.33. The molecule has 9 heteroatoms. The van der Waals surface area contributed by atoms with E-state index in [1.54, 1.807) is 24.4 Å². The quantitative estimate of drug-likeness (QED) is 0.641. The smallest absolute Gasteiger partial charge is 0.228 e. The van der Waals surface area contributed by atoms with Crippen molar-refractivity contribution in [2.75, 3.05) is 42.6 Å². The maximum absolute atomic E-state index is 11.6. The summed E-state index contributed by atoms with van der Waals surface area (Å²) < 4.78 is 26.6. The predicted octanol–water partition coefficient (Wildman–Crippen LogP) is 2.65. The number of hydrogen-bond donors (Lipinski definition) is 1. The summed E-state index contributed by atoms with van der Waals surface area (Å²) in [5.74, 6) is 1.52. The van der Waals surface area contributed by atoms with Crippen LogP contribution >= 0.6 is 0 Å². The lowest BCUT2D eigenvalue weighted by molar-refractivity contribution is 0.122. The van der Waals surface area contributed by atoms with Crippen molar-refractivity contribution in [1.29, 1.82) is 0 Å². The summed E-state index contributed by atoms with van der Waals surface area (Å²) in [5.41, 5.74) is 3.65. The van der Waals surface area contributed by atoms with Crippen LogP contribution < -0.4 is 9.80 Å². The van der Waals surface area contributed by atoms with Gasteiger partial charge >= 0.3 is 0 Å². The van der Waals surface area contributed by atoms with Gasteiger partial charge in [-0.25, -0.2) is 9.19 Å².